The van der Waals surface area contributed by atoms with E-state index in [2.05, 4.69) is 20.6 Å². The normalized spacial score (nSPS) is 10.4. The Morgan fingerprint density at radius 1 is 1.17 bits per heavy atom. The van der Waals surface area contributed by atoms with E-state index in [9.17, 15) is 4.79 Å². The summed E-state index contributed by atoms with van der Waals surface area (Å²) in [6.07, 6.45) is 3.44. The molecule has 2 N–H and O–H groups in total. The molecule has 0 unspecified atom stereocenters. The largest absolute Gasteiger partial charge is 0.473 e. The molecule has 0 atom stereocenters. The molecule has 6 heteroatoms. The molecule has 0 bridgehead atoms. The zero-order chi connectivity index (χ0) is 16.8. The lowest BCUT2D eigenvalue weighted by molar-refractivity contribution is 0.252. The first-order valence-corrected chi connectivity index (χ1v) is 7.72. The van der Waals surface area contributed by atoms with Crippen LogP contribution in [0.4, 0.5) is 10.6 Å². The van der Waals surface area contributed by atoms with E-state index in [0.717, 1.165) is 16.3 Å². The van der Waals surface area contributed by atoms with Crippen LogP contribution in [-0.4, -0.2) is 22.5 Å². The molecule has 6 nitrogen and oxygen atoms in total. The van der Waals surface area contributed by atoms with Crippen molar-refractivity contribution in [3.05, 3.63) is 60.4 Å². The lowest BCUT2D eigenvalue weighted by Gasteiger charge is -2.10. The van der Waals surface area contributed by atoms with Gasteiger partial charge in [-0.2, -0.15) is 0 Å². The number of anilines is 1. The first kappa shape index (κ1) is 15.7. The van der Waals surface area contributed by atoms with Crippen LogP contribution in [0.5, 0.6) is 5.88 Å². The lowest BCUT2D eigenvalue weighted by atomic mass is 10.1. The van der Waals surface area contributed by atoms with Gasteiger partial charge in [-0.05, 0) is 30.0 Å². The van der Waals surface area contributed by atoms with E-state index in [1.54, 1.807) is 12.4 Å². The molecule has 0 saturated heterocycles. The summed E-state index contributed by atoms with van der Waals surface area (Å²) in [4.78, 5) is 20.0. The van der Waals surface area contributed by atoms with Gasteiger partial charge in [0.25, 0.3) is 0 Å². The second kappa shape index (κ2) is 7.41. The predicted octanol–water partition coefficient (Wildman–Crippen LogP) is 3.35. The number of aromatic nitrogens is 2. The van der Waals surface area contributed by atoms with Crippen molar-refractivity contribution in [2.45, 2.75) is 13.5 Å². The van der Waals surface area contributed by atoms with Gasteiger partial charge >= 0.3 is 6.03 Å². The Kier molecular flexibility index (Phi) is 4.86. The van der Waals surface area contributed by atoms with Crippen molar-refractivity contribution in [1.82, 2.24) is 15.3 Å². The molecule has 0 fully saturated rings. The van der Waals surface area contributed by atoms with Crippen LogP contribution in [-0.2, 0) is 6.61 Å². The first-order chi connectivity index (χ1) is 11.8. The topological polar surface area (TPSA) is 76.1 Å². The maximum absolute atomic E-state index is 11.6. The number of nitrogens with one attached hydrogen (secondary N) is 2. The molecule has 0 saturated carbocycles. The van der Waals surface area contributed by atoms with Crippen LogP contribution >= 0.6 is 0 Å². The highest BCUT2D eigenvalue weighted by atomic mass is 16.5. The molecular weight excluding hydrogens is 304 g/mol. The van der Waals surface area contributed by atoms with Crippen molar-refractivity contribution in [2.75, 3.05) is 11.9 Å². The molecular formula is C18H18N4O2. The van der Waals surface area contributed by atoms with Gasteiger partial charge in [-0.1, -0.05) is 24.3 Å². The standard InChI is InChI=1S/C18H18N4O2/c1-2-19-18(23)22-16-10-13-6-5-7-14(15(13)11-21-16)12-24-17-8-3-4-9-20-17/h3-11H,2,12H2,1H3,(H2,19,21,22,23). The smallest absolute Gasteiger partial charge is 0.320 e. The summed E-state index contributed by atoms with van der Waals surface area (Å²) >= 11 is 0. The number of pyridine rings is 2. The molecule has 122 valence electrons. The van der Waals surface area contributed by atoms with Crippen molar-refractivity contribution >= 4 is 22.6 Å². The van der Waals surface area contributed by atoms with E-state index in [4.69, 9.17) is 4.74 Å². The number of fused-ring (bicyclic) bond motifs is 1. The highest BCUT2D eigenvalue weighted by Gasteiger charge is 2.06. The van der Waals surface area contributed by atoms with E-state index in [-0.39, 0.29) is 6.03 Å². The molecule has 24 heavy (non-hydrogen) atoms. The number of urea groups is 1. The number of nitrogens with zero attached hydrogens (tertiary/aromatic N) is 2. The van der Waals surface area contributed by atoms with E-state index >= 15 is 0 Å². The number of hydrogen-bond donors (Lipinski definition) is 2. The molecule has 0 aliphatic carbocycles. The summed E-state index contributed by atoms with van der Waals surface area (Å²) < 4.78 is 5.71. The zero-order valence-electron chi connectivity index (χ0n) is 13.3. The average molecular weight is 322 g/mol. The van der Waals surface area contributed by atoms with E-state index in [1.807, 2.05) is 49.4 Å². The van der Waals surface area contributed by atoms with Crippen molar-refractivity contribution in [3.63, 3.8) is 0 Å². The third-order valence-corrected chi connectivity index (χ3v) is 3.45. The summed E-state index contributed by atoms with van der Waals surface area (Å²) in [5, 5.41) is 7.35. The Morgan fingerprint density at radius 2 is 2.08 bits per heavy atom. The molecule has 2 aromatic heterocycles. The van der Waals surface area contributed by atoms with Crippen LogP contribution in [0.1, 0.15) is 12.5 Å². The fourth-order valence-electron chi connectivity index (χ4n) is 2.33. The van der Waals surface area contributed by atoms with Crippen molar-refractivity contribution < 1.29 is 9.53 Å². The molecule has 0 spiro atoms. The van der Waals surface area contributed by atoms with Crippen molar-refractivity contribution in [3.8, 4) is 5.88 Å². The Morgan fingerprint density at radius 3 is 2.88 bits per heavy atom. The van der Waals surface area contributed by atoms with E-state index in [1.165, 1.54) is 0 Å². The molecule has 0 radical (unpaired) electrons. The van der Waals surface area contributed by atoms with Gasteiger partial charge in [0, 0.05) is 30.4 Å². The van der Waals surface area contributed by atoms with Gasteiger partial charge < -0.3 is 10.1 Å². The summed E-state index contributed by atoms with van der Waals surface area (Å²) in [6, 6.07) is 13.0. The van der Waals surface area contributed by atoms with Gasteiger partial charge in [0.2, 0.25) is 5.88 Å². The summed E-state index contributed by atoms with van der Waals surface area (Å²) in [7, 11) is 0. The molecule has 2 amide bonds. The second-order valence-electron chi connectivity index (χ2n) is 5.15. The SMILES string of the molecule is CCNC(=O)Nc1cc2cccc(COc3ccccn3)c2cn1. The maximum Gasteiger partial charge on any atom is 0.320 e. The number of carbonyl (C=O) groups excluding carboxylic acids is 1. The van der Waals surface area contributed by atoms with Crippen LogP contribution in [0, 0.1) is 0 Å². The number of amides is 2. The maximum atomic E-state index is 11.6. The minimum Gasteiger partial charge on any atom is -0.473 e. The average Bonchev–Trinajstić information content (AvgIpc) is 2.60. The third kappa shape index (κ3) is 3.78. The van der Waals surface area contributed by atoms with Gasteiger partial charge in [0.1, 0.15) is 12.4 Å². The quantitative estimate of drug-likeness (QED) is 0.755. The van der Waals surface area contributed by atoms with Gasteiger partial charge in [0.05, 0.1) is 0 Å². The summed E-state index contributed by atoms with van der Waals surface area (Å²) in [6.45, 7) is 2.83. The first-order valence-electron chi connectivity index (χ1n) is 7.72. The Hall–Kier alpha value is -3.15. The highest BCUT2D eigenvalue weighted by molar-refractivity contribution is 5.92. The predicted molar refractivity (Wildman–Crippen MR) is 93.0 cm³/mol. The fraction of sp³-hybridized carbons (Fsp3) is 0.167. The number of ether oxygens (including phenoxy) is 1. The Labute approximate surface area is 139 Å². The molecule has 0 aliphatic rings. The van der Waals surface area contributed by atoms with E-state index in [0.29, 0.717) is 24.8 Å². The van der Waals surface area contributed by atoms with E-state index < -0.39 is 0 Å². The van der Waals surface area contributed by atoms with Crippen molar-refractivity contribution in [2.24, 2.45) is 0 Å². The fourth-order valence-corrected chi connectivity index (χ4v) is 2.33. The Bertz CT molecular complexity index is 837. The number of benzene rings is 1. The molecule has 1 aromatic carbocycles. The third-order valence-electron chi connectivity index (χ3n) is 3.45. The monoisotopic (exact) mass is 322 g/mol. The summed E-state index contributed by atoms with van der Waals surface area (Å²) in [5.74, 6) is 1.09. The lowest BCUT2D eigenvalue weighted by Crippen LogP contribution is -2.28. The van der Waals surface area contributed by atoms with Gasteiger partial charge in [-0.3, -0.25) is 5.32 Å². The molecule has 3 aromatic rings. The molecule has 2 heterocycles. The minimum absolute atomic E-state index is 0.265. The Balaban J connectivity index is 1.78. The van der Waals surface area contributed by atoms with Crippen LogP contribution in [0.2, 0.25) is 0 Å². The minimum atomic E-state index is -0.265. The molecule has 3 rings (SSSR count). The van der Waals surface area contributed by atoms with Gasteiger partial charge in [-0.25, -0.2) is 14.8 Å². The molecule has 0 aliphatic heterocycles. The van der Waals surface area contributed by atoms with Gasteiger partial charge in [0.15, 0.2) is 0 Å². The highest BCUT2D eigenvalue weighted by Crippen LogP contribution is 2.22. The summed E-state index contributed by atoms with van der Waals surface area (Å²) in [5.41, 5.74) is 1.01. The van der Waals surface area contributed by atoms with Crippen LogP contribution in [0.3, 0.4) is 0 Å². The zero-order valence-corrected chi connectivity index (χ0v) is 13.3. The number of carbonyl (C=O) groups is 1. The van der Waals surface area contributed by atoms with Crippen LogP contribution < -0.4 is 15.4 Å². The number of rotatable bonds is 5. The van der Waals surface area contributed by atoms with Crippen LogP contribution in [0.15, 0.2) is 54.9 Å². The van der Waals surface area contributed by atoms with Crippen molar-refractivity contribution in [1.29, 1.82) is 0 Å². The number of hydrogen-bond acceptors (Lipinski definition) is 4. The second-order valence-corrected chi connectivity index (χ2v) is 5.15. The van der Waals surface area contributed by atoms with Gasteiger partial charge in [-0.15, -0.1) is 0 Å². The van der Waals surface area contributed by atoms with Crippen LogP contribution in [0.25, 0.3) is 10.8 Å².